The van der Waals surface area contributed by atoms with Gasteiger partial charge in [0, 0.05) is 48.3 Å². The van der Waals surface area contributed by atoms with Crippen LogP contribution in [-0.2, 0) is 6.54 Å². The van der Waals surface area contributed by atoms with Gasteiger partial charge in [0.1, 0.15) is 18.5 Å². The summed E-state index contributed by atoms with van der Waals surface area (Å²) in [6.07, 6.45) is -0.545. The van der Waals surface area contributed by atoms with Crippen LogP contribution < -0.4 is 4.74 Å². The van der Waals surface area contributed by atoms with Crippen molar-refractivity contribution >= 4 is 23.2 Å². The zero-order valence-electron chi connectivity index (χ0n) is 16.4. The van der Waals surface area contributed by atoms with E-state index in [9.17, 15) is 5.11 Å². The summed E-state index contributed by atoms with van der Waals surface area (Å²) in [6, 6.07) is 16.1. The Labute approximate surface area is 177 Å². The van der Waals surface area contributed by atoms with Crippen LogP contribution in [0.4, 0.5) is 0 Å². The van der Waals surface area contributed by atoms with Crippen LogP contribution in [0, 0.1) is 0 Å². The molecule has 0 amide bonds. The monoisotopic (exact) mass is 422 g/mol. The number of hydrogen-bond acceptors (Lipinski definition) is 4. The first-order valence-electron chi connectivity index (χ1n) is 9.69. The summed E-state index contributed by atoms with van der Waals surface area (Å²) in [5.41, 5.74) is 1.27. The zero-order valence-corrected chi connectivity index (χ0v) is 17.9. The topological polar surface area (TPSA) is 35.9 Å². The molecular formula is C22H28Cl2N2O2. The van der Waals surface area contributed by atoms with Crippen molar-refractivity contribution in [2.24, 2.45) is 0 Å². The van der Waals surface area contributed by atoms with Gasteiger partial charge in [-0.1, -0.05) is 41.4 Å². The summed E-state index contributed by atoms with van der Waals surface area (Å²) in [5.74, 6) is 0.681. The van der Waals surface area contributed by atoms with Crippen LogP contribution in [0.3, 0.4) is 0 Å². The van der Waals surface area contributed by atoms with Gasteiger partial charge in [0.2, 0.25) is 0 Å². The van der Waals surface area contributed by atoms with Gasteiger partial charge < -0.3 is 9.84 Å². The number of aliphatic hydroxyl groups is 1. The molecule has 2 aromatic rings. The van der Waals surface area contributed by atoms with Crippen molar-refractivity contribution in [1.82, 2.24) is 9.80 Å². The van der Waals surface area contributed by atoms with Gasteiger partial charge in [-0.25, -0.2) is 0 Å². The predicted octanol–water partition coefficient (Wildman–Crippen LogP) is 4.33. The molecule has 1 fully saturated rings. The van der Waals surface area contributed by atoms with Gasteiger partial charge in [-0.05, 0) is 49.7 Å². The van der Waals surface area contributed by atoms with E-state index in [1.165, 1.54) is 5.56 Å². The quantitative estimate of drug-likeness (QED) is 0.719. The molecule has 3 unspecified atom stereocenters. The van der Waals surface area contributed by atoms with E-state index in [0.717, 1.165) is 24.7 Å². The first kappa shape index (κ1) is 21.4. The lowest BCUT2D eigenvalue weighted by Gasteiger charge is -2.44. The van der Waals surface area contributed by atoms with E-state index in [0.29, 0.717) is 29.4 Å². The van der Waals surface area contributed by atoms with Gasteiger partial charge in [-0.15, -0.1) is 0 Å². The second kappa shape index (κ2) is 9.95. The standard InChI is InChI=1S/C22H28Cl2N2O2/c1-16-12-26(14-21(27)15-28-22-5-3-4-20(24)10-22)17(2)11-25(16)13-18-6-8-19(23)9-7-18/h3-10,16-17,21,27H,11-15H2,1-2H3. The molecule has 0 bridgehead atoms. The highest BCUT2D eigenvalue weighted by molar-refractivity contribution is 6.30. The van der Waals surface area contributed by atoms with Crippen molar-refractivity contribution in [3.63, 3.8) is 0 Å². The second-order valence-electron chi connectivity index (χ2n) is 7.63. The summed E-state index contributed by atoms with van der Waals surface area (Å²) < 4.78 is 5.68. The molecule has 1 aliphatic rings. The normalized spacial score (nSPS) is 22.2. The Balaban J connectivity index is 1.48. The summed E-state index contributed by atoms with van der Waals surface area (Å²) >= 11 is 12.0. The van der Waals surface area contributed by atoms with Gasteiger partial charge in [0.05, 0.1) is 0 Å². The SMILES string of the molecule is CC1CN(CC(O)COc2cccc(Cl)c2)C(C)CN1Cc1ccc(Cl)cc1. The third kappa shape index (κ3) is 6.10. The zero-order chi connectivity index (χ0) is 20.1. The minimum Gasteiger partial charge on any atom is -0.491 e. The number of halogens is 2. The van der Waals surface area contributed by atoms with E-state index < -0.39 is 6.10 Å². The van der Waals surface area contributed by atoms with Crippen LogP contribution >= 0.6 is 23.2 Å². The molecule has 28 heavy (non-hydrogen) atoms. The predicted molar refractivity (Wildman–Crippen MR) is 115 cm³/mol. The van der Waals surface area contributed by atoms with Crippen LogP contribution in [0.1, 0.15) is 19.4 Å². The van der Waals surface area contributed by atoms with Crippen LogP contribution in [0.15, 0.2) is 48.5 Å². The molecule has 1 saturated heterocycles. The molecule has 0 saturated carbocycles. The molecule has 4 nitrogen and oxygen atoms in total. The Morgan fingerprint density at radius 1 is 1.00 bits per heavy atom. The minimum absolute atomic E-state index is 0.256. The molecule has 1 aliphatic heterocycles. The first-order valence-corrected chi connectivity index (χ1v) is 10.5. The highest BCUT2D eigenvalue weighted by Crippen LogP contribution is 2.20. The second-order valence-corrected chi connectivity index (χ2v) is 8.50. The number of piperazine rings is 1. The number of ether oxygens (including phenoxy) is 1. The Kier molecular flexibility index (Phi) is 7.61. The van der Waals surface area contributed by atoms with Crippen molar-refractivity contribution in [2.75, 3.05) is 26.2 Å². The fraction of sp³-hybridized carbons (Fsp3) is 0.455. The molecule has 0 spiro atoms. The molecule has 3 atom stereocenters. The first-order chi connectivity index (χ1) is 13.4. The number of aliphatic hydroxyl groups excluding tert-OH is 1. The highest BCUT2D eigenvalue weighted by atomic mass is 35.5. The van der Waals surface area contributed by atoms with Crippen LogP contribution in [0.25, 0.3) is 0 Å². The highest BCUT2D eigenvalue weighted by Gasteiger charge is 2.30. The fourth-order valence-corrected chi connectivity index (χ4v) is 3.95. The Morgan fingerprint density at radius 2 is 1.68 bits per heavy atom. The van der Waals surface area contributed by atoms with E-state index in [1.807, 2.05) is 24.3 Å². The average Bonchev–Trinajstić information content (AvgIpc) is 2.66. The molecule has 3 rings (SSSR count). The van der Waals surface area contributed by atoms with Crippen molar-refractivity contribution in [1.29, 1.82) is 0 Å². The lowest BCUT2D eigenvalue weighted by molar-refractivity contribution is -0.00214. The summed E-state index contributed by atoms with van der Waals surface area (Å²) in [6.45, 7) is 8.10. The Bertz CT molecular complexity index is 756. The van der Waals surface area contributed by atoms with E-state index in [4.69, 9.17) is 27.9 Å². The lowest BCUT2D eigenvalue weighted by Crippen LogP contribution is -2.57. The van der Waals surface area contributed by atoms with E-state index in [1.54, 1.807) is 12.1 Å². The smallest absolute Gasteiger partial charge is 0.120 e. The molecule has 0 aromatic heterocycles. The number of rotatable bonds is 7. The molecule has 1 heterocycles. The van der Waals surface area contributed by atoms with Crippen LogP contribution in [0.2, 0.25) is 10.0 Å². The Morgan fingerprint density at radius 3 is 2.39 bits per heavy atom. The largest absolute Gasteiger partial charge is 0.491 e. The maximum atomic E-state index is 10.4. The molecule has 0 radical (unpaired) electrons. The molecular weight excluding hydrogens is 395 g/mol. The maximum absolute atomic E-state index is 10.4. The molecule has 0 aliphatic carbocycles. The van der Waals surface area contributed by atoms with Crippen molar-refractivity contribution < 1.29 is 9.84 Å². The molecule has 1 N–H and O–H groups in total. The molecule has 152 valence electrons. The summed E-state index contributed by atoms with van der Waals surface area (Å²) in [4.78, 5) is 4.83. The van der Waals surface area contributed by atoms with E-state index in [-0.39, 0.29) is 6.61 Å². The van der Waals surface area contributed by atoms with E-state index in [2.05, 4.69) is 35.8 Å². The fourth-order valence-electron chi connectivity index (χ4n) is 3.64. The Hall–Kier alpha value is -1.30. The lowest BCUT2D eigenvalue weighted by atomic mass is 10.1. The number of β-amino-alcohol motifs (C(OH)–C–C–N with tert-alkyl or cyclic N) is 1. The van der Waals surface area contributed by atoms with Gasteiger partial charge in [0.15, 0.2) is 0 Å². The minimum atomic E-state index is -0.545. The van der Waals surface area contributed by atoms with Crippen molar-refractivity contribution in [2.45, 2.75) is 38.6 Å². The van der Waals surface area contributed by atoms with E-state index >= 15 is 0 Å². The summed E-state index contributed by atoms with van der Waals surface area (Å²) in [7, 11) is 0. The van der Waals surface area contributed by atoms with Crippen LogP contribution in [-0.4, -0.2) is 59.3 Å². The number of nitrogens with zero attached hydrogens (tertiary/aromatic N) is 2. The number of benzene rings is 2. The third-order valence-electron chi connectivity index (χ3n) is 5.23. The molecule has 2 aromatic carbocycles. The van der Waals surface area contributed by atoms with Gasteiger partial charge in [-0.3, -0.25) is 9.80 Å². The molecule has 6 heteroatoms. The van der Waals surface area contributed by atoms with Gasteiger partial charge in [0.25, 0.3) is 0 Å². The van der Waals surface area contributed by atoms with Crippen LogP contribution in [0.5, 0.6) is 5.75 Å². The van der Waals surface area contributed by atoms with Crippen molar-refractivity contribution in [3.05, 3.63) is 64.1 Å². The maximum Gasteiger partial charge on any atom is 0.120 e. The van der Waals surface area contributed by atoms with Gasteiger partial charge in [-0.2, -0.15) is 0 Å². The van der Waals surface area contributed by atoms with Crippen molar-refractivity contribution in [3.8, 4) is 5.75 Å². The summed E-state index contributed by atoms with van der Waals surface area (Å²) in [5, 5.41) is 11.8. The number of hydrogen-bond donors (Lipinski definition) is 1. The third-order valence-corrected chi connectivity index (χ3v) is 5.71. The van der Waals surface area contributed by atoms with Gasteiger partial charge >= 0.3 is 0 Å². The average molecular weight is 423 g/mol.